The highest BCUT2D eigenvalue weighted by atomic mass is 16.5. The van der Waals surface area contributed by atoms with E-state index < -0.39 is 0 Å². The number of benzene rings is 2. The Labute approximate surface area is 182 Å². The Morgan fingerprint density at radius 2 is 1.71 bits per heavy atom. The number of fused-ring (bicyclic) bond motifs is 1. The molecule has 0 aliphatic carbocycles. The summed E-state index contributed by atoms with van der Waals surface area (Å²) >= 11 is 0. The molecule has 5 heteroatoms. The van der Waals surface area contributed by atoms with Crippen LogP contribution in [0.3, 0.4) is 0 Å². The van der Waals surface area contributed by atoms with Crippen molar-refractivity contribution in [1.82, 2.24) is 14.5 Å². The summed E-state index contributed by atoms with van der Waals surface area (Å²) in [6.45, 7) is 5.45. The van der Waals surface area contributed by atoms with Crippen molar-refractivity contribution < 1.29 is 4.74 Å². The first-order valence-electron chi connectivity index (χ1n) is 10.7. The second kappa shape index (κ2) is 8.73. The fourth-order valence-electron chi connectivity index (χ4n) is 4.23. The zero-order chi connectivity index (χ0) is 21.0. The van der Waals surface area contributed by atoms with Gasteiger partial charge in [0.25, 0.3) is 0 Å². The van der Waals surface area contributed by atoms with Crippen molar-refractivity contribution in [2.45, 2.75) is 6.54 Å². The second-order valence-electron chi connectivity index (χ2n) is 7.86. The molecular weight excluding hydrogens is 384 g/mol. The van der Waals surface area contributed by atoms with E-state index in [0.29, 0.717) is 5.56 Å². The number of pyridine rings is 1. The van der Waals surface area contributed by atoms with Crippen molar-refractivity contribution >= 4 is 10.9 Å². The molecule has 4 aromatic rings. The summed E-state index contributed by atoms with van der Waals surface area (Å²) in [5.74, 6) is 0. The van der Waals surface area contributed by atoms with Gasteiger partial charge in [0, 0.05) is 72.4 Å². The molecule has 5 rings (SSSR count). The van der Waals surface area contributed by atoms with Gasteiger partial charge in [-0.2, -0.15) is 5.26 Å². The molecule has 3 heterocycles. The number of morpholine rings is 1. The molecule has 1 fully saturated rings. The lowest BCUT2D eigenvalue weighted by molar-refractivity contribution is 0.0365. The maximum absolute atomic E-state index is 9.44. The molecule has 0 N–H and O–H groups in total. The fraction of sp³-hybridized carbons (Fsp3) is 0.231. The molecule has 1 aliphatic rings. The SMILES string of the molecule is N#Cc1ccc2c(c1)c(-c1cncc(-c3ccccc3)c1)cn2CCN1CCOCC1. The highest BCUT2D eigenvalue weighted by Gasteiger charge is 2.15. The fourth-order valence-corrected chi connectivity index (χ4v) is 4.23. The lowest BCUT2D eigenvalue weighted by atomic mass is 10.0. The summed E-state index contributed by atoms with van der Waals surface area (Å²) in [5.41, 5.74) is 6.22. The van der Waals surface area contributed by atoms with E-state index in [4.69, 9.17) is 4.74 Å². The van der Waals surface area contributed by atoms with Gasteiger partial charge < -0.3 is 9.30 Å². The molecule has 2 aromatic heterocycles. The van der Waals surface area contributed by atoms with Crippen molar-refractivity contribution in [3.05, 3.63) is 78.8 Å². The smallest absolute Gasteiger partial charge is 0.0991 e. The topological polar surface area (TPSA) is 54.1 Å². The monoisotopic (exact) mass is 408 g/mol. The van der Waals surface area contributed by atoms with Crippen LogP contribution < -0.4 is 0 Å². The predicted molar refractivity (Wildman–Crippen MR) is 123 cm³/mol. The zero-order valence-corrected chi connectivity index (χ0v) is 17.4. The standard InChI is InChI=1S/C26H24N4O/c27-16-20-6-7-26-24(14-20)25(19-30(26)9-8-29-10-12-31-13-11-29)23-15-22(17-28-18-23)21-4-2-1-3-5-21/h1-7,14-15,17-19H,8-13H2. The Kier molecular flexibility index (Phi) is 5.49. The molecule has 1 saturated heterocycles. The van der Waals surface area contributed by atoms with Crippen LogP contribution in [-0.2, 0) is 11.3 Å². The molecule has 154 valence electrons. The number of nitriles is 1. The van der Waals surface area contributed by atoms with Crippen LogP contribution in [0.2, 0.25) is 0 Å². The first-order chi connectivity index (χ1) is 15.3. The van der Waals surface area contributed by atoms with Gasteiger partial charge in [0.2, 0.25) is 0 Å². The Bertz CT molecular complexity index is 1230. The Balaban J connectivity index is 1.54. The largest absolute Gasteiger partial charge is 0.379 e. The van der Waals surface area contributed by atoms with Gasteiger partial charge in [-0.1, -0.05) is 30.3 Å². The van der Waals surface area contributed by atoms with Gasteiger partial charge in [-0.3, -0.25) is 9.88 Å². The summed E-state index contributed by atoms with van der Waals surface area (Å²) in [7, 11) is 0. The molecule has 1 aliphatic heterocycles. The lowest BCUT2D eigenvalue weighted by Gasteiger charge is -2.26. The molecule has 0 amide bonds. The highest BCUT2D eigenvalue weighted by Crippen LogP contribution is 2.33. The van der Waals surface area contributed by atoms with Gasteiger partial charge in [0.15, 0.2) is 0 Å². The summed E-state index contributed by atoms with van der Waals surface area (Å²) in [5, 5.41) is 10.5. The Morgan fingerprint density at radius 3 is 2.52 bits per heavy atom. The third-order valence-corrected chi connectivity index (χ3v) is 5.93. The number of hydrogen-bond acceptors (Lipinski definition) is 4. The summed E-state index contributed by atoms with van der Waals surface area (Å²) < 4.78 is 7.77. The van der Waals surface area contributed by atoms with Gasteiger partial charge in [-0.25, -0.2) is 0 Å². The van der Waals surface area contributed by atoms with Crippen LogP contribution in [-0.4, -0.2) is 47.3 Å². The van der Waals surface area contributed by atoms with E-state index in [-0.39, 0.29) is 0 Å². The van der Waals surface area contributed by atoms with Crippen LogP contribution in [0.1, 0.15) is 5.56 Å². The van der Waals surface area contributed by atoms with Crippen LogP contribution >= 0.6 is 0 Å². The summed E-state index contributed by atoms with van der Waals surface area (Å²) in [6.07, 6.45) is 6.02. The minimum absolute atomic E-state index is 0.673. The van der Waals surface area contributed by atoms with Crippen LogP contribution in [0, 0.1) is 11.3 Å². The maximum Gasteiger partial charge on any atom is 0.0991 e. The number of aromatic nitrogens is 2. The number of rotatable bonds is 5. The van der Waals surface area contributed by atoms with Crippen LogP contribution in [0.4, 0.5) is 0 Å². The summed E-state index contributed by atoms with van der Waals surface area (Å²) in [6, 6.07) is 20.7. The van der Waals surface area contributed by atoms with Gasteiger partial charge in [0.1, 0.15) is 0 Å². The average molecular weight is 409 g/mol. The van der Waals surface area contributed by atoms with E-state index in [1.165, 1.54) is 0 Å². The molecule has 0 saturated carbocycles. The van der Waals surface area contributed by atoms with E-state index >= 15 is 0 Å². The molecule has 0 unspecified atom stereocenters. The van der Waals surface area contributed by atoms with Crippen LogP contribution in [0.15, 0.2) is 73.2 Å². The highest BCUT2D eigenvalue weighted by molar-refractivity contribution is 5.97. The molecule has 5 nitrogen and oxygen atoms in total. The van der Waals surface area contributed by atoms with Crippen LogP contribution in [0.5, 0.6) is 0 Å². The van der Waals surface area contributed by atoms with E-state index in [2.05, 4.69) is 51.0 Å². The van der Waals surface area contributed by atoms with E-state index in [1.807, 2.05) is 42.7 Å². The maximum atomic E-state index is 9.44. The Morgan fingerprint density at radius 1 is 0.903 bits per heavy atom. The van der Waals surface area contributed by atoms with Crippen molar-refractivity contribution in [3.8, 4) is 28.3 Å². The first kappa shape index (κ1) is 19.5. The molecule has 31 heavy (non-hydrogen) atoms. The quantitative estimate of drug-likeness (QED) is 0.485. The third kappa shape index (κ3) is 4.09. The molecule has 0 atom stereocenters. The van der Waals surface area contributed by atoms with Crippen molar-refractivity contribution in [3.63, 3.8) is 0 Å². The molecule has 0 bridgehead atoms. The Hall–Kier alpha value is -3.46. The lowest BCUT2D eigenvalue weighted by Crippen LogP contribution is -2.38. The average Bonchev–Trinajstić information content (AvgIpc) is 3.22. The van der Waals surface area contributed by atoms with E-state index in [0.717, 1.165) is 72.5 Å². The van der Waals surface area contributed by atoms with Crippen LogP contribution in [0.25, 0.3) is 33.2 Å². The number of nitrogens with zero attached hydrogens (tertiary/aromatic N) is 4. The van der Waals surface area contributed by atoms with Crippen molar-refractivity contribution in [2.24, 2.45) is 0 Å². The van der Waals surface area contributed by atoms with Gasteiger partial charge in [-0.05, 0) is 29.8 Å². The number of ether oxygens (including phenoxy) is 1. The van der Waals surface area contributed by atoms with Gasteiger partial charge >= 0.3 is 0 Å². The molecule has 0 radical (unpaired) electrons. The van der Waals surface area contributed by atoms with E-state index in [9.17, 15) is 5.26 Å². The van der Waals surface area contributed by atoms with E-state index in [1.54, 1.807) is 0 Å². The van der Waals surface area contributed by atoms with Crippen molar-refractivity contribution in [2.75, 3.05) is 32.8 Å². The molecule has 2 aromatic carbocycles. The van der Waals surface area contributed by atoms with Gasteiger partial charge in [0.05, 0.1) is 24.8 Å². The van der Waals surface area contributed by atoms with Gasteiger partial charge in [-0.15, -0.1) is 0 Å². The minimum Gasteiger partial charge on any atom is -0.379 e. The minimum atomic E-state index is 0.673. The summed E-state index contributed by atoms with van der Waals surface area (Å²) in [4.78, 5) is 6.96. The second-order valence-corrected chi connectivity index (χ2v) is 7.86. The first-order valence-corrected chi connectivity index (χ1v) is 10.7. The normalized spacial score (nSPS) is 14.5. The molecule has 0 spiro atoms. The van der Waals surface area contributed by atoms with Crippen molar-refractivity contribution in [1.29, 1.82) is 5.26 Å². The third-order valence-electron chi connectivity index (χ3n) is 5.93. The predicted octanol–water partition coefficient (Wildman–Crippen LogP) is 4.57. The zero-order valence-electron chi connectivity index (χ0n) is 17.4. The molecular formula is C26H24N4O. The number of hydrogen-bond donors (Lipinski definition) is 0.